The first-order valence-electron chi connectivity index (χ1n) is 8.69. The second-order valence-electron chi connectivity index (χ2n) is 5.19. The maximum absolute atomic E-state index is 13.5. The van der Waals surface area contributed by atoms with E-state index in [4.69, 9.17) is 4.74 Å². The molecule has 23 heavy (non-hydrogen) atoms. The molecule has 132 valence electrons. The van der Waals surface area contributed by atoms with Gasteiger partial charge in [-0.3, -0.25) is 0 Å². The van der Waals surface area contributed by atoms with Crippen molar-refractivity contribution in [3.05, 3.63) is 29.6 Å². The molecule has 0 radical (unpaired) electrons. The molecule has 1 aromatic carbocycles. The van der Waals surface area contributed by atoms with Gasteiger partial charge in [-0.1, -0.05) is 27.7 Å². The van der Waals surface area contributed by atoms with Crippen LogP contribution < -0.4 is 10.1 Å². The summed E-state index contributed by atoms with van der Waals surface area (Å²) in [5.41, 5.74) is 0.815. The van der Waals surface area contributed by atoms with Crippen molar-refractivity contribution in [1.29, 1.82) is 0 Å². The minimum atomic E-state index is -0.305. The molecule has 1 aliphatic carbocycles. The normalized spacial score (nSPS) is 18.6. The Kier molecular flexibility index (Phi) is 11.3. The first-order valence-corrected chi connectivity index (χ1v) is 8.69. The molecule has 1 fully saturated rings. The van der Waals surface area contributed by atoms with E-state index >= 15 is 0 Å². The van der Waals surface area contributed by atoms with E-state index in [1.54, 1.807) is 6.92 Å². The van der Waals surface area contributed by atoms with Gasteiger partial charge in [-0.25, -0.2) is 4.39 Å². The monoisotopic (exact) mass is 325 g/mol. The minimum absolute atomic E-state index is 0.114. The number of ketones is 1. The summed E-state index contributed by atoms with van der Waals surface area (Å²) in [4.78, 5) is 11.0. The molecule has 0 amide bonds. The van der Waals surface area contributed by atoms with Crippen molar-refractivity contribution in [2.45, 2.75) is 72.4 Å². The third-order valence-electron chi connectivity index (χ3n) is 3.50. The number of benzene rings is 1. The molecule has 1 aromatic rings. The fraction of sp³-hybridized carbons (Fsp3) is 0.632. The lowest BCUT2D eigenvalue weighted by atomic mass is 9.89. The summed E-state index contributed by atoms with van der Waals surface area (Å²) in [6.45, 7) is 9.54. The summed E-state index contributed by atoms with van der Waals surface area (Å²) < 4.78 is 19.2. The van der Waals surface area contributed by atoms with Crippen LogP contribution in [0.4, 0.5) is 4.39 Å². The van der Waals surface area contributed by atoms with Crippen molar-refractivity contribution in [3.8, 4) is 5.75 Å². The average Bonchev–Trinajstić information content (AvgIpc) is 2.52. The summed E-state index contributed by atoms with van der Waals surface area (Å²) in [6.07, 6.45) is 3.08. The third-order valence-corrected chi connectivity index (χ3v) is 3.50. The van der Waals surface area contributed by atoms with Crippen molar-refractivity contribution >= 4 is 5.78 Å². The molecule has 0 saturated heterocycles. The molecule has 4 heteroatoms. The Morgan fingerprint density at radius 2 is 1.83 bits per heavy atom. The van der Waals surface area contributed by atoms with E-state index in [9.17, 15) is 9.18 Å². The van der Waals surface area contributed by atoms with Crippen molar-refractivity contribution in [3.63, 3.8) is 0 Å². The van der Waals surface area contributed by atoms with Gasteiger partial charge in [0.1, 0.15) is 23.5 Å². The quantitative estimate of drug-likeness (QED) is 0.835. The lowest BCUT2D eigenvalue weighted by Gasteiger charge is -2.35. The van der Waals surface area contributed by atoms with Crippen LogP contribution in [0.1, 0.15) is 59.4 Å². The highest BCUT2D eigenvalue weighted by Gasteiger charge is 2.29. The maximum Gasteiger partial charge on any atom is 0.130 e. The number of carbonyl (C=O) groups excluding carboxylic acids is 1. The van der Waals surface area contributed by atoms with Gasteiger partial charge in [0.25, 0.3) is 0 Å². The molecule has 2 rings (SSSR count). The zero-order valence-electron chi connectivity index (χ0n) is 15.4. The van der Waals surface area contributed by atoms with Crippen LogP contribution in [0.5, 0.6) is 5.75 Å². The van der Waals surface area contributed by atoms with E-state index in [0.29, 0.717) is 24.6 Å². The van der Waals surface area contributed by atoms with E-state index in [1.807, 2.05) is 40.8 Å². The maximum atomic E-state index is 13.5. The van der Waals surface area contributed by atoms with Crippen LogP contribution in [0.15, 0.2) is 18.2 Å². The number of carbonyl (C=O) groups is 1. The molecular weight excluding hydrogens is 293 g/mol. The number of hydrogen-bond donors (Lipinski definition) is 1. The topological polar surface area (TPSA) is 38.3 Å². The highest BCUT2D eigenvalue weighted by Crippen LogP contribution is 2.27. The van der Waals surface area contributed by atoms with Crippen LogP contribution in [0.25, 0.3) is 0 Å². The van der Waals surface area contributed by atoms with Gasteiger partial charge in [0, 0.05) is 18.5 Å². The predicted molar refractivity (Wildman–Crippen MR) is 94.6 cm³/mol. The average molecular weight is 325 g/mol. The fourth-order valence-corrected chi connectivity index (χ4v) is 2.24. The Labute approximate surface area is 140 Å². The molecule has 0 aromatic heterocycles. The van der Waals surface area contributed by atoms with Crippen LogP contribution in [0, 0.1) is 5.82 Å². The Morgan fingerprint density at radius 1 is 1.22 bits per heavy atom. The van der Waals surface area contributed by atoms with Gasteiger partial charge >= 0.3 is 0 Å². The number of nitrogens with one attached hydrogen (secondary N) is 1. The molecule has 3 nitrogen and oxygen atoms in total. The third kappa shape index (κ3) is 8.12. The molecular formula is C19H32FNO2. The van der Waals surface area contributed by atoms with Gasteiger partial charge in [0.05, 0.1) is 0 Å². The lowest BCUT2D eigenvalue weighted by molar-refractivity contribution is -0.116. The first kappa shape index (κ1) is 21.6. The Hall–Kier alpha value is -1.42. The number of Topliss-reactive ketones (excluding diaryl/α,β-unsaturated/α-hetero) is 1. The molecule has 0 bridgehead atoms. The van der Waals surface area contributed by atoms with Crippen LogP contribution in [0.2, 0.25) is 0 Å². The lowest BCUT2D eigenvalue weighted by Crippen LogP contribution is -2.45. The van der Waals surface area contributed by atoms with E-state index in [2.05, 4.69) is 5.32 Å². The molecule has 1 N–H and O–H groups in total. The Morgan fingerprint density at radius 3 is 2.35 bits per heavy atom. The second-order valence-corrected chi connectivity index (χ2v) is 5.19. The highest BCUT2D eigenvalue weighted by molar-refractivity contribution is 5.75. The first-order chi connectivity index (χ1) is 11.1. The van der Waals surface area contributed by atoms with Gasteiger partial charge in [0.2, 0.25) is 0 Å². The highest BCUT2D eigenvalue weighted by atomic mass is 19.1. The van der Waals surface area contributed by atoms with Crippen molar-refractivity contribution < 1.29 is 13.9 Å². The minimum Gasteiger partial charge on any atom is -0.490 e. The van der Waals surface area contributed by atoms with E-state index in [-0.39, 0.29) is 17.7 Å². The Balaban J connectivity index is 0.00000112. The standard InChI is InChI=1S/C15H20FNO2.2C2H6/c1-10(18)3-4-11-5-12(16)7-14(6-11)19-15-8-13(9-15)17-2;2*1-2/h5-7,13,15,17H,3-4,8-9H2,1-2H3;2*1-2H3. The zero-order valence-corrected chi connectivity index (χ0v) is 15.4. The molecule has 0 unspecified atom stereocenters. The molecule has 0 heterocycles. The number of hydrogen-bond acceptors (Lipinski definition) is 3. The number of rotatable bonds is 6. The van der Waals surface area contributed by atoms with E-state index < -0.39 is 0 Å². The van der Waals surface area contributed by atoms with Crippen molar-refractivity contribution in [2.75, 3.05) is 7.05 Å². The van der Waals surface area contributed by atoms with E-state index in [1.165, 1.54) is 12.1 Å². The van der Waals surface area contributed by atoms with E-state index in [0.717, 1.165) is 18.4 Å². The summed E-state index contributed by atoms with van der Waals surface area (Å²) in [5, 5.41) is 3.18. The molecule has 0 atom stereocenters. The van der Waals surface area contributed by atoms with Crippen LogP contribution in [-0.4, -0.2) is 25.0 Å². The predicted octanol–water partition coefficient (Wildman–Crippen LogP) is 4.53. The van der Waals surface area contributed by atoms with Crippen molar-refractivity contribution in [1.82, 2.24) is 5.32 Å². The zero-order chi connectivity index (χ0) is 17.8. The van der Waals surface area contributed by atoms with Crippen LogP contribution >= 0.6 is 0 Å². The second kappa shape index (κ2) is 12.1. The van der Waals surface area contributed by atoms with Gasteiger partial charge in [-0.05, 0) is 50.9 Å². The van der Waals surface area contributed by atoms with Gasteiger partial charge in [-0.15, -0.1) is 0 Å². The largest absolute Gasteiger partial charge is 0.490 e. The smallest absolute Gasteiger partial charge is 0.130 e. The fourth-order valence-electron chi connectivity index (χ4n) is 2.24. The van der Waals surface area contributed by atoms with Gasteiger partial charge in [-0.2, -0.15) is 0 Å². The number of halogens is 1. The number of ether oxygens (including phenoxy) is 1. The molecule has 1 aliphatic rings. The summed E-state index contributed by atoms with van der Waals surface area (Å²) in [7, 11) is 1.93. The number of aryl methyl sites for hydroxylation is 1. The van der Waals surface area contributed by atoms with Crippen LogP contribution in [0.3, 0.4) is 0 Å². The SMILES string of the molecule is CC.CC.CNC1CC(Oc2cc(F)cc(CCC(C)=O)c2)C1. The molecule has 1 saturated carbocycles. The van der Waals surface area contributed by atoms with Gasteiger partial charge in [0.15, 0.2) is 0 Å². The summed E-state index contributed by atoms with van der Waals surface area (Å²) in [5.74, 6) is 0.376. The van der Waals surface area contributed by atoms with Gasteiger partial charge < -0.3 is 14.8 Å². The van der Waals surface area contributed by atoms with Crippen molar-refractivity contribution in [2.24, 2.45) is 0 Å². The summed E-state index contributed by atoms with van der Waals surface area (Å²) in [6, 6.07) is 5.21. The van der Waals surface area contributed by atoms with Crippen LogP contribution in [-0.2, 0) is 11.2 Å². The summed E-state index contributed by atoms with van der Waals surface area (Å²) >= 11 is 0. The Bertz CT molecular complexity index is 457. The molecule has 0 spiro atoms. The molecule has 0 aliphatic heterocycles.